The lowest BCUT2D eigenvalue weighted by atomic mass is 9.88. The van der Waals surface area contributed by atoms with Crippen LogP contribution in [0.25, 0.3) is 0 Å². The highest BCUT2D eigenvalue weighted by molar-refractivity contribution is 7.80. The zero-order valence-corrected chi connectivity index (χ0v) is 12.2. The van der Waals surface area contributed by atoms with Crippen molar-refractivity contribution in [3.8, 4) is 0 Å². The van der Waals surface area contributed by atoms with Gasteiger partial charge in [0, 0.05) is 18.6 Å². The molecule has 3 heteroatoms. The second-order valence-electron chi connectivity index (χ2n) is 5.93. The maximum atomic E-state index is 5.76. The third-order valence-corrected chi connectivity index (χ3v) is 4.39. The summed E-state index contributed by atoms with van der Waals surface area (Å²) in [7, 11) is 0. The van der Waals surface area contributed by atoms with E-state index < -0.39 is 0 Å². The third-order valence-electron chi connectivity index (χ3n) is 3.84. The minimum absolute atomic E-state index is 0.0243. The molecule has 0 aromatic carbocycles. The molecule has 2 N–H and O–H groups in total. The highest BCUT2D eigenvalue weighted by Gasteiger charge is 2.20. The Bertz CT molecular complexity index is 234. The summed E-state index contributed by atoms with van der Waals surface area (Å²) < 4.78 is 5.76. The number of thiocarbonyl (C=S) groups is 1. The van der Waals surface area contributed by atoms with Crippen LogP contribution in [0.5, 0.6) is 0 Å². The van der Waals surface area contributed by atoms with Gasteiger partial charge in [-0.05, 0) is 31.6 Å². The summed E-state index contributed by atoms with van der Waals surface area (Å²) in [5, 5.41) is 0. The largest absolute Gasteiger partial charge is 0.393 e. The molecule has 1 aliphatic carbocycles. The van der Waals surface area contributed by atoms with E-state index in [1.165, 1.54) is 32.1 Å². The number of rotatable bonds is 7. The summed E-state index contributed by atoms with van der Waals surface area (Å²) in [6.07, 6.45) is 8.99. The van der Waals surface area contributed by atoms with E-state index in [0.717, 1.165) is 32.0 Å². The molecule has 1 saturated carbocycles. The lowest BCUT2D eigenvalue weighted by molar-refractivity contribution is 0.0799. The molecule has 0 aromatic heterocycles. The molecular weight excluding hydrogens is 230 g/mol. The number of nitrogens with two attached hydrogens (primary N) is 1. The van der Waals surface area contributed by atoms with Crippen LogP contribution in [0.2, 0.25) is 0 Å². The van der Waals surface area contributed by atoms with Gasteiger partial charge in [-0.15, -0.1) is 0 Å². The molecule has 0 unspecified atom stereocenters. The van der Waals surface area contributed by atoms with Crippen LogP contribution in [0.15, 0.2) is 0 Å². The zero-order valence-electron chi connectivity index (χ0n) is 11.3. The summed E-state index contributed by atoms with van der Waals surface area (Å²) in [5.41, 5.74) is 5.67. The molecule has 0 aliphatic heterocycles. The van der Waals surface area contributed by atoms with Gasteiger partial charge in [-0.3, -0.25) is 0 Å². The van der Waals surface area contributed by atoms with Crippen LogP contribution in [0.4, 0.5) is 0 Å². The monoisotopic (exact) mass is 257 g/mol. The normalized spacial score (nSPS) is 18.2. The van der Waals surface area contributed by atoms with E-state index >= 15 is 0 Å². The SMILES string of the molecule is CC(C)(CCCOCC1CCCCC1)C(N)=S. The first-order valence-corrected chi connectivity index (χ1v) is 7.31. The van der Waals surface area contributed by atoms with Gasteiger partial charge < -0.3 is 10.5 Å². The van der Waals surface area contributed by atoms with E-state index in [-0.39, 0.29) is 5.41 Å². The number of ether oxygens (including phenoxy) is 1. The first kappa shape index (κ1) is 14.9. The molecule has 100 valence electrons. The van der Waals surface area contributed by atoms with E-state index in [2.05, 4.69) is 13.8 Å². The van der Waals surface area contributed by atoms with Gasteiger partial charge in [0.15, 0.2) is 0 Å². The van der Waals surface area contributed by atoms with Crippen molar-refractivity contribution in [1.29, 1.82) is 0 Å². The topological polar surface area (TPSA) is 35.2 Å². The van der Waals surface area contributed by atoms with E-state index in [1.807, 2.05) is 0 Å². The van der Waals surface area contributed by atoms with Crippen molar-refractivity contribution in [2.75, 3.05) is 13.2 Å². The van der Waals surface area contributed by atoms with Gasteiger partial charge in [-0.2, -0.15) is 0 Å². The molecule has 1 fully saturated rings. The minimum Gasteiger partial charge on any atom is -0.393 e. The van der Waals surface area contributed by atoms with Gasteiger partial charge in [0.1, 0.15) is 0 Å². The van der Waals surface area contributed by atoms with Crippen LogP contribution in [0, 0.1) is 11.3 Å². The van der Waals surface area contributed by atoms with Gasteiger partial charge >= 0.3 is 0 Å². The fourth-order valence-corrected chi connectivity index (χ4v) is 2.45. The van der Waals surface area contributed by atoms with Gasteiger partial charge in [0.05, 0.1) is 4.99 Å². The van der Waals surface area contributed by atoms with Crippen molar-refractivity contribution in [2.45, 2.75) is 58.8 Å². The van der Waals surface area contributed by atoms with Crippen LogP contribution >= 0.6 is 12.2 Å². The van der Waals surface area contributed by atoms with Crippen molar-refractivity contribution >= 4 is 17.2 Å². The lowest BCUT2D eigenvalue weighted by Crippen LogP contribution is -2.30. The molecular formula is C14H27NOS. The molecule has 0 atom stereocenters. The summed E-state index contributed by atoms with van der Waals surface area (Å²) in [6.45, 7) is 6.02. The van der Waals surface area contributed by atoms with Crippen molar-refractivity contribution in [2.24, 2.45) is 17.1 Å². The Kier molecular flexibility index (Phi) is 6.42. The average molecular weight is 257 g/mol. The summed E-state index contributed by atoms with van der Waals surface area (Å²) in [6, 6.07) is 0. The molecule has 2 nitrogen and oxygen atoms in total. The Balaban J connectivity index is 2.02. The Morgan fingerprint density at radius 2 is 1.94 bits per heavy atom. The van der Waals surface area contributed by atoms with E-state index in [4.69, 9.17) is 22.7 Å². The highest BCUT2D eigenvalue weighted by Crippen LogP contribution is 2.25. The molecule has 0 radical (unpaired) electrons. The Morgan fingerprint density at radius 1 is 1.29 bits per heavy atom. The van der Waals surface area contributed by atoms with E-state index in [9.17, 15) is 0 Å². The molecule has 0 aromatic rings. The first-order chi connectivity index (χ1) is 8.02. The third kappa shape index (κ3) is 5.82. The second-order valence-corrected chi connectivity index (χ2v) is 6.37. The molecule has 0 bridgehead atoms. The molecule has 17 heavy (non-hydrogen) atoms. The van der Waals surface area contributed by atoms with E-state index in [1.54, 1.807) is 0 Å². The van der Waals surface area contributed by atoms with Crippen LogP contribution < -0.4 is 5.73 Å². The summed E-state index contributed by atoms with van der Waals surface area (Å²) in [4.78, 5) is 0.616. The van der Waals surface area contributed by atoms with Crippen molar-refractivity contribution in [3.63, 3.8) is 0 Å². The predicted octanol–water partition coefficient (Wildman–Crippen LogP) is 3.68. The molecule has 1 aliphatic rings. The van der Waals surface area contributed by atoms with Crippen LogP contribution in [0.1, 0.15) is 58.8 Å². The standard InChI is InChI=1S/C14H27NOS/c1-14(2,13(15)17)9-6-10-16-11-12-7-4-3-5-8-12/h12H,3-11H2,1-2H3,(H2,15,17). The lowest BCUT2D eigenvalue weighted by Gasteiger charge is -2.24. The average Bonchev–Trinajstić information content (AvgIpc) is 2.29. The van der Waals surface area contributed by atoms with Gasteiger partial charge in [0.2, 0.25) is 0 Å². The predicted molar refractivity (Wildman–Crippen MR) is 77.2 cm³/mol. The molecule has 0 heterocycles. The highest BCUT2D eigenvalue weighted by atomic mass is 32.1. The van der Waals surface area contributed by atoms with Gasteiger partial charge in [-0.25, -0.2) is 0 Å². The molecule has 1 rings (SSSR count). The van der Waals surface area contributed by atoms with Crippen molar-refractivity contribution < 1.29 is 4.74 Å². The Hall–Kier alpha value is -0.150. The molecule has 0 saturated heterocycles. The quantitative estimate of drug-likeness (QED) is 0.558. The Morgan fingerprint density at radius 3 is 2.53 bits per heavy atom. The minimum atomic E-state index is -0.0243. The molecule has 0 spiro atoms. The van der Waals surface area contributed by atoms with Crippen molar-refractivity contribution in [1.82, 2.24) is 0 Å². The Labute approximate surface area is 111 Å². The fourth-order valence-electron chi connectivity index (χ4n) is 2.34. The smallest absolute Gasteiger partial charge is 0.0784 e. The number of hydrogen-bond donors (Lipinski definition) is 1. The summed E-state index contributed by atoms with van der Waals surface area (Å²) >= 11 is 5.05. The van der Waals surface area contributed by atoms with Gasteiger partial charge in [0.25, 0.3) is 0 Å². The summed E-state index contributed by atoms with van der Waals surface area (Å²) in [5.74, 6) is 0.812. The van der Waals surface area contributed by atoms with Crippen molar-refractivity contribution in [3.05, 3.63) is 0 Å². The fraction of sp³-hybridized carbons (Fsp3) is 0.929. The first-order valence-electron chi connectivity index (χ1n) is 6.90. The van der Waals surface area contributed by atoms with Crippen LogP contribution in [-0.4, -0.2) is 18.2 Å². The number of hydrogen-bond acceptors (Lipinski definition) is 2. The second kappa shape index (κ2) is 7.32. The zero-order chi connectivity index (χ0) is 12.7. The van der Waals surface area contributed by atoms with Gasteiger partial charge in [-0.1, -0.05) is 45.3 Å². The molecule has 0 amide bonds. The maximum Gasteiger partial charge on any atom is 0.0784 e. The van der Waals surface area contributed by atoms with Crippen LogP contribution in [-0.2, 0) is 4.74 Å². The maximum absolute atomic E-state index is 5.76. The van der Waals surface area contributed by atoms with Crippen LogP contribution in [0.3, 0.4) is 0 Å². The van der Waals surface area contributed by atoms with E-state index in [0.29, 0.717) is 4.99 Å².